The summed E-state index contributed by atoms with van der Waals surface area (Å²) in [5.74, 6) is 1.23. The van der Waals surface area contributed by atoms with Crippen molar-refractivity contribution in [1.82, 2.24) is 5.32 Å². The van der Waals surface area contributed by atoms with Crippen molar-refractivity contribution in [2.45, 2.75) is 45.4 Å². The van der Waals surface area contributed by atoms with Gasteiger partial charge in [-0.3, -0.25) is 4.79 Å². The van der Waals surface area contributed by atoms with Crippen molar-refractivity contribution in [2.75, 3.05) is 13.2 Å². The quantitative estimate of drug-likeness (QED) is 0.765. The van der Waals surface area contributed by atoms with E-state index >= 15 is 0 Å². The van der Waals surface area contributed by atoms with Crippen molar-refractivity contribution < 1.29 is 9.90 Å². The number of aliphatic hydroxyl groups is 1. The first-order valence-electron chi connectivity index (χ1n) is 6.54. The van der Waals surface area contributed by atoms with Gasteiger partial charge in [-0.1, -0.05) is 6.92 Å². The number of carbonyl (C=O) groups is 1. The Morgan fingerprint density at radius 1 is 1.31 bits per heavy atom. The summed E-state index contributed by atoms with van der Waals surface area (Å²) in [5.41, 5.74) is 0.0393. The van der Waals surface area contributed by atoms with Crippen LogP contribution in [0.15, 0.2) is 0 Å². The lowest BCUT2D eigenvalue weighted by atomic mass is 9.82. The third-order valence-electron chi connectivity index (χ3n) is 4.32. The molecule has 0 aliphatic heterocycles. The second-order valence-corrected chi connectivity index (χ2v) is 5.83. The van der Waals surface area contributed by atoms with Crippen LogP contribution in [0.1, 0.15) is 45.4 Å². The van der Waals surface area contributed by atoms with Gasteiger partial charge < -0.3 is 10.4 Å². The molecule has 0 bridgehead atoms. The van der Waals surface area contributed by atoms with Crippen LogP contribution in [-0.4, -0.2) is 24.2 Å². The molecule has 3 nitrogen and oxygen atoms in total. The van der Waals surface area contributed by atoms with E-state index in [4.69, 9.17) is 5.11 Å². The summed E-state index contributed by atoms with van der Waals surface area (Å²) >= 11 is 0. The molecule has 0 atom stereocenters. The molecule has 0 saturated heterocycles. The number of hydrogen-bond acceptors (Lipinski definition) is 2. The molecule has 1 amide bonds. The highest BCUT2D eigenvalue weighted by atomic mass is 16.3. The minimum Gasteiger partial charge on any atom is -0.396 e. The lowest BCUT2D eigenvalue weighted by Crippen LogP contribution is -2.37. The molecule has 2 fully saturated rings. The maximum Gasteiger partial charge on any atom is 0.223 e. The normalized spacial score (nSPS) is 32.1. The van der Waals surface area contributed by atoms with E-state index in [1.807, 2.05) is 0 Å². The molecule has 2 rings (SSSR count). The standard InChI is InChI=1S/C13H23NO2/c1-10-2-4-11(5-3-10)12(16)14-8-13(9-15)6-7-13/h10-11,15H,2-9H2,1H3,(H,14,16). The average molecular weight is 225 g/mol. The van der Waals surface area contributed by atoms with Crippen molar-refractivity contribution in [3.05, 3.63) is 0 Å². The molecule has 2 saturated carbocycles. The molecular formula is C13H23NO2. The van der Waals surface area contributed by atoms with E-state index < -0.39 is 0 Å². The first-order valence-corrected chi connectivity index (χ1v) is 6.54. The zero-order valence-corrected chi connectivity index (χ0v) is 10.2. The maximum absolute atomic E-state index is 11.9. The predicted octanol–water partition coefficient (Wildman–Crippen LogP) is 1.70. The topological polar surface area (TPSA) is 49.3 Å². The average Bonchev–Trinajstić information content (AvgIpc) is 3.08. The van der Waals surface area contributed by atoms with Crippen LogP contribution in [0.5, 0.6) is 0 Å². The Morgan fingerprint density at radius 3 is 2.44 bits per heavy atom. The molecule has 0 aromatic rings. The molecule has 16 heavy (non-hydrogen) atoms. The Hall–Kier alpha value is -0.570. The van der Waals surface area contributed by atoms with E-state index in [1.165, 1.54) is 12.8 Å². The summed E-state index contributed by atoms with van der Waals surface area (Å²) in [6.45, 7) is 3.16. The second-order valence-electron chi connectivity index (χ2n) is 5.83. The number of aliphatic hydroxyl groups excluding tert-OH is 1. The molecule has 2 N–H and O–H groups in total. The van der Waals surface area contributed by atoms with Crippen LogP contribution < -0.4 is 5.32 Å². The molecule has 0 radical (unpaired) electrons. The molecule has 0 unspecified atom stereocenters. The molecule has 0 heterocycles. The molecule has 0 aromatic heterocycles. The Morgan fingerprint density at radius 2 is 1.94 bits per heavy atom. The first kappa shape index (κ1) is 11.9. The van der Waals surface area contributed by atoms with Crippen LogP contribution in [0.2, 0.25) is 0 Å². The fraction of sp³-hybridized carbons (Fsp3) is 0.923. The highest BCUT2D eigenvalue weighted by Crippen LogP contribution is 2.44. The van der Waals surface area contributed by atoms with Crippen molar-refractivity contribution >= 4 is 5.91 Å². The third-order valence-corrected chi connectivity index (χ3v) is 4.32. The van der Waals surface area contributed by atoms with Crippen LogP contribution in [-0.2, 0) is 4.79 Å². The number of rotatable bonds is 4. The minimum atomic E-state index is 0.0393. The summed E-state index contributed by atoms with van der Waals surface area (Å²) in [6, 6.07) is 0. The van der Waals surface area contributed by atoms with E-state index in [9.17, 15) is 4.79 Å². The fourth-order valence-electron chi connectivity index (χ4n) is 2.51. The van der Waals surface area contributed by atoms with Crippen molar-refractivity contribution in [1.29, 1.82) is 0 Å². The lowest BCUT2D eigenvalue weighted by molar-refractivity contribution is -0.126. The van der Waals surface area contributed by atoms with E-state index in [2.05, 4.69) is 12.2 Å². The van der Waals surface area contributed by atoms with Crippen LogP contribution in [0.25, 0.3) is 0 Å². The molecule has 2 aliphatic rings. The number of carbonyl (C=O) groups excluding carboxylic acids is 1. The minimum absolute atomic E-state index is 0.0393. The van der Waals surface area contributed by atoms with Gasteiger partial charge in [-0.05, 0) is 44.4 Å². The molecular weight excluding hydrogens is 202 g/mol. The number of hydrogen-bond donors (Lipinski definition) is 2. The fourth-order valence-corrected chi connectivity index (χ4v) is 2.51. The Bertz CT molecular complexity index is 253. The second kappa shape index (κ2) is 4.74. The maximum atomic E-state index is 11.9. The van der Waals surface area contributed by atoms with E-state index in [0.717, 1.165) is 31.6 Å². The van der Waals surface area contributed by atoms with Gasteiger partial charge in [-0.2, -0.15) is 0 Å². The first-order chi connectivity index (χ1) is 7.65. The van der Waals surface area contributed by atoms with E-state index in [-0.39, 0.29) is 23.8 Å². The molecule has 3 heteroatoms. The van der Waals surface area contributed by atoms with Gasteiger partial charge >= 0.3 is 0 Å². The van der Waals surface area contributed by atoms with Crippen LogP contribution in [0.3, 0.4) is 0 Å². The molecule has 0 aromatic carbocycles. The highest BCUT2D eigenvalue weighted by Gasteiger charge is 2.42. The van der Waals surface area contributed by atoms with Crippen molar-refractivity contribution in [3.8, 4) is 0 Å². The lowest BCUT2D eigenvalue weighted by Gasteiger charge is -2.26. The van der Waals surface area contributed by atoms with Crippen molar-refractivity contribution in [3.63, 3.8) is 0 Å². The van der Waals surface area contributed by atoms with Gasteiger partial charge in [0.15, 0.2) is 0 Å². The number of amides is 1. The van der Waals surface area contributed by atoms with Crippen LogP contribution in [0, 0.1) is 17.3 Å². The smallest absolute Gasteiger partial charge is 0.223 e. The van der Waals surface area contributed by atoms with Crippen molar-refractivity contribution in [2.24, 2.45) is 17.3 Å². The van der Waals surface area contributed by atoms with Gasteiger partial charge in [0, 0.05) is 17.9 Å². The Labute approximate surface area is 97.6 Å². The van der Waals surface area contributed by atoms with E-state index in [0.29, 0.717) is 6.54 Å². The summed E-state index contributed by atoms with van der Waals surface area (Å²) in [7, 11) is 0. The zero-order valence-electron chi connectivity index (χ0n) is 10.2. The van der Waals surface area contributed by atoms with E-state index in [1.54, 1.807) is 0 Å². The van der Waals surface area contributed by atoms with Gasteiger partial charge in [-0.15, -0.1) is 0 Å². The molecule has 2 aliphatic carbocycles. The van der Waals surface area contributed by atoms with Gasteiger partial charge in [0.05, 0.1) is 6.61 Å². The Kier molecular flexibility index (Phi) is 3.53. The highest BCUT2D eigenvalue weighted by molar-refractivity contribution is 5.78. The zero-order chi connectivity index (χ0) is 11.6. The van der Waals surface area contributed by atoms with Crippen LogP contribution in [0.4, 0.5) is 0 Å². The summed E-state index contributed by atoms with van der Waals surface area (Å²) in [6.07, 6.45) is 6.57. The summed E-state index contributed by atoms with van der Waals surface area (Å²) < 4.78 is 0. The number of nitrogens with one attached hydrogen (secondary N) is 1. The third kappa shape index (κ3) is 2.76. The van der Waals surface area contributed by atoms with Gasteiger partial charge in [-0.25, -0.2) is 0 Å². The van der Waals surface area contributed by atoms with Gasteiger partial charge in [0.25, 0.3) is 0 Å². The monoisotopic (exact) mass is 225 g/mol. The van der Waals surface area contributed by atoms with Gasteiger partial charge in [0.1, 0.15) is 0 Å². The SMILES string of the molecule is CC1CCC(C(=O)NCC2(CO)CC2)CC1. The summed E-state index contributed by atoms with van der Waals surface area (Å²) in [5, 5.41) is 12.2. The van der Waals surface area contributed by atoms with Gasteiger partial charge in [0.2, 0.25) is 5.91 Å². The van der Waals surface area contributed by atoms with Crippen LogP contribution >= 0.6 is 0 Å². The Balaban J connectivity index is 1.71. The molecule has 92 valence electrons. The predicted molar refractivity (Wildman–Crippen MR) is 62.9 cm³/mol. The summed E-state index contributed by atoms with van der Waals surface area (Å²) in [4.78, 5) is 11.9. The largest absolute Gasteiger partial charge is 0.396 e. The molecule has 0 spiro atoms.